The molecule has 1 heterocycles. The van der Waals surface area contributed by atoms with Gasteiger partial charge in [0.25, 0.3) is 0 Å². The molecule has 1 N–H and O–H groups in total. The van der Waals surface area contributed by atoms with E-state index in [1.807, 2.05) is 10.8 Å². The molecule has 0 aromatic carbocycles. The second kappa shape index (κ2) is 7.06. The van der Waals surface area contributed by atoms with Crippen molar-refractivity contribution in [3.8, 4) is 0 Å². The molecule has 0 aliphatic carbocycles. The van der Waals surface area contributed by atoms with Gasteiger partial charge < -0.3 is 14.8 Å². The second-order valence-electron chi connectivity index (χ2n) is 4.33. The minimum atomic E-state index is 0.0815. The van der Waals surface area contributed by atoms with Crippen LogP contribution < -0.4 is 5.32 Å². The number of nitrogens with zero attached hydrogens (tertiary/aromatic N) is 3. The van der Waals surface area contributed by atoms with Gasteiger partial charge in [-0.25, -0.2) is 4.98 Å². The van der Waals surface area contributed by atoms with Crippen molar-refractivity contribution < 1.29 is 4.79 Å². The number of imidazole rings is 1. The molecule has 0 spiro atoms. The molecule has 1 aromatic heterocycles. The summed E-state index contributed by atoms with van der Waals surface area (Å²) in [5.74, 6) is 0.0815. The van der Waals surface area contributed by atoms with Gasteiger partial charge in [-0.05, 0) is 13.0 Å². The molecule has 0 radical (unpaired) electrons. The molecule has 5 nitrogen and oxygen atoms in total. The zero-order chi connectivity index (χ0) is 12.7. The Morgan fingerprint density at radius 1 is 1.47 bits per heavy atom. The van der Waals surface area contributed by atoms with E-state index in [1.165, 1.54) is 0 Å². The number of aromatic nitrogens is 2. The molecular formula is C12H22N4O. The summed E-state index contributed by atoms with van der Waals surface area (Å²) in [5, 5.41) is 3.33. The van der Waals surface area contributed by atoms with Gasteiger partial charge in [-0.2, -0.15) is 0 Å². The van der Waals surface area contributed by atoms with E-state index in [9.17, 15) is 4.79 Å². The van der Waals surface area contributed by atoms with Gasteiger partial charge in [-0.1, -0.05) is 6.92 Å². The molecule has 1 aromatic rings. The molecule has 0 unspecified atom stereocenters. The van der Waals surface area contributed by atoms with Gasteiger partial charge in [0.05, 0.1) is 12.0 Å². The van der Waals surface area contributed by atoms with E-state index in [0.717, 1.165) is 31.6 Å². The Morgan fingerprint density at radius 3 is 2.88 bits per heavy atom. The first-order chi connectivity index (χ1) is 8.13. The van der Waals surface area contributed by atoms with Crippen LogP contribution in [0.3, 0.4) is 0 Å². The highest BCUT2D eigenvalue weighted by atomic mass is 16.2. The molecule has 0 saturated carbocycles. The maximum Gasteiger partial charge on any atom is 0.242 e. The second-order valence-corrected chi connectivity index (χ2v) is 4.33. The van der Waals surface area contributed by atoms with Crippen LogP contribution in [0.15, 0.2) is 12.5 Å². The summed E-state index contributed by atoms with van der Waals surface area (Å²) in [5.41, 5.74) is 1.03. The van der Waals surface area contributed by atoms with E-state index >= 15 is 0 Å². The van der Waals surface area contributed by atoms with E-state index in [0.29, 0.717) is 6.54 Å². The Balaban J connectivity index is 2.35. The highest BCUT2D eigenvalue weighted by Crippen LogP contribution is 1.98. The lowest BCUT2D eigenvalue weighted by atomic mass is 10.3. The van der Waals surface area contributed by atoms with Gasteiger partial charge in [0.1, 0.15) is 6.54 Å². The van der Waals surface area contributed by atoms with Crippen molar-refractivity contribution in [2.75, 3.05) is 27.2 Å². The Labute approximate surface area is 103 Å². The fourth-order valence-corrected chi connectivity index (χ4v) is 1.44. The van der Waals surface area contributed by atoms with Crippen molar-refractivity contribution in [2.45, 2.75) is 26.3 Å². The summed E-state index contributed by atoms with van der Waals surface area (Å²) in [6.45, 7) is 4.49. The smallest absolute Gasteiger partial charge is 0.242 e. The standard InChI is InChI=1S/C12H22N4O/c1-4-6-13-7-5-11-8-16(10-14-11)9-12(17)15(2)3/h8,10,13H,4-7,9H2,1-3H3. The van der Waals surface area contributed by atoms with Crippen molar-refractivity contribution in [1.29, 1.82) is 0 Å². The van der Waals surface area contributed by atoms with Crippen molar-refractivity contribution in [2.24, 2.45) is 0 Å². The van der Waals surface area contributed by atoms with Crippen LogP contribution in [0.5, 0.6) is 0 Å². The van der Waals surface area contributed by atoms with E-state index in [1.54, 1.807) is 25.3 Å². The van der Waals surface area contributed by atoms with Crippen LogP contribution in [0, 0.1) is 0 Å². The Morgan fingerprint density at radius 2 is 2.24 bits per heavy atom. The largest absolute Gasteiger partial charge is 0.347 e. The summed E-state index contributed by atoms with van der Waals surface area (Å²) < 4.78 is 1.83. The molecule has 1 rings (SSSR count). The lowest BCUT2D eigenvalue weighted by molar-refractivity contribution is -0.129. The molecule has 0 bridgehead atoms. The normalized spacial score (nSPS) is 10.5. The van der Waals surface area contributed by atoms with Gasteiger partial charge >= 0.3 is 0 Å². The Bertz CT molecular complexity index is 346. The number of nitrogens with one attached hydrogen (secondary N) is 1. The van der Waals surface area contributed by atoms with Crippen LogP contribution in [0.2, 0.25) is 0 Å². The SMILES string of the molecule is CCCNCCc1cn(CC(=O)N(C)C)cn1. The zero-order valence-electron chi connectivity index (χ0n) is 10.9. The number of carbonyl (C=O) groups is 1. The lowest BCUT2D eigenvalue weighted by Gasteiger charge is -2.09. The molecule has 1 amide bonds. The first kappa shape index (κ1) is 13.7. The van der Waals surface area contributed by atoms with Gasteiger partial charge in [-0.3, -0.25) is 4.79 Å². The van der Waals surface area contributed by atoms with Crippen LogP contribution in [-0.2, 0) is 17.8 Å². The number of likely N-dealkylation sites (N-methyl/N-ethyl adjacent to an activating group) is 1. The highest BCUT2D eigenvalue weighted by molar-refractivity contribution is 5.75. The predicted molar refractivity (Wildman–Crippen MR) is 67.8 cm³/mol. The summed E-state index contributed by atoms with van der Waals surface area (Å²) in [6.07, 6.45) is 5.71. The van der Waals surface area contributed by atoms with Gasteiger partial charge in [0.2, 0.25) is 5.91 Å². The fraction of sp³-hybridized carbons (Fsp3) is 0.667. The fourth-order valence-electron chi connectivity index (χ4n) is 1.44. The third-order valence-corrected chi connectivity index (χ3v) is 2.49. The van der Waals surface area contributed by atoms with Gasteiger partial charge in [0.15, 0.2) is 0 Å². The summed E-state index contributed by atoms with van der Waals surface area (Å²) >= 11 is 0. The van der Waals surface area contributed by atoms with Crippen LogP contribution in [0.25, 0.3) is 0 Å². The van der Waals surface area contributed by atoms with Crippen molar-refractivity contribution in [3.05, 3.63) is 18.2 Å². The first-order valence-corrected chi connectivity index (χ1v) is 6.05. The molecule has 0 atom stereocenters. The van der Waals surface area contributed by atoms with Crippen molar-refractivity contribution >= 4 is 5.91 Å². The summed E-state index contributed by atoms with van der Waals surface area (Å²) in [4.78, 5) is 17.3. The molecular weight excluding hydrogens is 216 g/mol. The highest BCUT2D eigenvalue weighted by Gasteiger charge is 2.05. The van der Waals surface area contributed by atoms with E-state index in [4.69, 9.17) is 0 Å². The van der Waals surface area contributed by atoms with Crippen LogP contribution in [-0.4, -0.2) is 47.5 Å². The quantitative estimate of drug-likeness (QED) is 0.704. The average molecular weight is 238 g/mol. The molecule has 0 saturated heterocycles. The molecule has 0 aliphatic heterocycles. The number of carbonyl (C=O) groups excluding carboxylic acids is 1. The number of hydrogen-bond donors (Lipinski definition) is 1. The van der Waals surface area contributed by atoms with E-state index < -0.39 is 0 Å². The molecule has 17 heavy (non-hydrogen) atoms. The third kappa shape index (κ3) is 4.99. The van der Waals surface area contributed by atoms with Gasteiger partial charge in [0, 0.05) is 33.3 Å². The van der Waals surface area contributed by atoms with Crippen molar-refractivity contribution in [1.82, 2.24) is 19.8 Å². The molecule has 96 valence electrons. The minimum Gasteiger partial charge on any atom is -0.347 e. The Kier molecular flexibility index (Phi) is 5.69. The minimum absolute atomic E-state index is 0.0815. The topological polar surface area (TPSA) is 50.2 Å². The average Bonchev–Trinajstić information content (AvgIpc) is 2.72. The predicted octanol–water partition coefficient (Wildman–Crippen LogP) is 0.513. The zero-order valence-corrected chi connectivity index (χ0v) is 10.9. The van der Waals surface area contributed by atoms with Crippen LogP contribution in [0.4, 0.5) is 0 Å². The summed E-state index contributed by atoms with van der Waals surface area (Å²) in [6, 6.07) is 0. The lowest BCUT2D eigenvalue weighted by Crippen LogP contribution is -2.25. The monoisotopic (exact) mass is 238 g/mol. The van der Waals surface area contributed by atoms with Crippen LogP contribution >= 0.6 is 0 Å². The van der Waals surface area contributed by atoms with Gasteiger partial charge in [-0.15, -0.1) is 0 Å². The number of hydrogen-bond acceptors (Lipinski definition) is 3. The first-order valence-electron chi connectivity index (χ1n) is 6.05. The third-order valence-electron chi connectivity index (χ3n) is 2.49. The number of amides is 1. The Hall–Kier alpha value is -1.36. The summed E-state index contributed by atoms with van der Waals surface area (Å²) in [7, 11) is 3.52. The van der Waals surface area contributed by atoms with Crippen LogP contribution in [0.1, 0.15) is 19.0 Å². The number of rotatable bonds is 7. The molecule has 5 heteroatoms. The maximum absolute atomic E-state index is 11.5. The molecule has 0 aliphatic rings. The van der Waals surface area contributed by atoms with E-state index in [-0.39, 0.29) is 5.91 Å². The maximum atomic E-state index is 11.5. The van der Waals surface area contributed by atoms with Crippen molar-refractivity contribution in [3.63, 3.8) is 0 Å². The molecule has 0 fully saturated rings. The van der Waals surface area contributed by atoms with E-state index in [2.05, 4.69) is 17.2 Å².